The Bertz CT molecular complexity index is 493. The number of rotatable bonds is 2. The van der Waals surface area contributed by atoms with Crippen molar-refractivity contribution in [1.29, 1.82) is 0 Å². The third kappa shape index (κ3) is 2.16. The molecule has 0 radical (unpaired) electrons. The van der Waals surface area contributed by atoms with Gasteiger partial charge in [0.15, 0.2) is 12.4 Å². The van der Waals surface area contributed by atoms with Crippen molar-refractivity contribution in [2.75, 3.05) is 0 Å². The number of nitrogens with zero attached hydrogens (tertiary/aromatic N) is 1. The largest absolute Gasteiger partial charge is 0.518 e. The summed E-state index contributed by atoms with van der Waals surface area (Å²) in [5.41, 5.74) is 0. The van der Waals surface area contributed by atoms with Gasteiger partial charge in [-0.3, -0.25) is 4.57 Å². The van der Waals surface area contributed by atoms with Crippen molar-refractivity contribution < 1.29 is 18.4 Å². The van der Waals surface area contributed by atoms with E-state index in [-0.39, 0.29) is 12.4 Å². The molecular weight excluding hydrogens is 202 g/mol. The van der Waals surface area contributed by atoms with Crippen molar-refractivity contribution in [3.8, 4) is 0 Å². The summed E-state index contributed by atoms with van der Waals surface area (Å²) in [5, 5.41) is 0. The van der Waals surface area contributed by atoms with Gasteiger partial charge in [-0.25, -0.2) is 9.59 Å². The van der Waals surface area contributed by atoms with E-state index in [1.165, 1.54) is 4.57 Å². The second kappa shape index (κ2) is 3.87. The van der Waals surface area contributed by atoms with Gasteiger partial charge in [0, 0.05) is 12.4 Å². The number of hydrogen-bond donors (Lipinski definition) is 0. The van der Waals surface area contributed by atoms with Crippen LogP contribution in [0.15, 0.2) is 44.4 Å². The number of carbonyl (C=O) groups excluding carboxylic acids is 1. The SMILES string of the molecule is O=C(OCc1coc(=O)o1)n1cccc1. The maximum atomic E-state index is 11.3. The fourth-order valence-corrected chi connectivity index (χ4v) is 0.996. The van der Waals surface area contributed by atoms with Gasteiger partial charge in [0.2, 0.25) is 0 Å². The van der Waals surface area contributed by atoms with Crippen LogP contribution in [0.5, 0.6) is 0 Å². The minimum absolute atomic E-state index is 0.136. The fourth-order valence-electron chi connectivity index (χ4n) is 0.996. The number of ether oxygens (including phenoxy) is 1. The lowest BCUT2D eigenvalue weighted by Crippen LogP contribution is -2.11. The first-order valence-corrected chi connectivity index (χ1v) is 4.13. The molecule has 0 aliphatic rings. The predicted octanol–water partition coefficient (Wildman–Crippen LogP) is 1.22. The Labute approximate surface area is 83.7 Å². The molecule has 0 fully saturated rings. The van der Waals surface area contributed by atoms with Crippen LogP contribution in [0.4, 0.5) is 4.79 Å². The topological polar surface area (TPSA) is 74.6 Å². The second-order valence-corrected chi connectivity index (χ2v) is 2.70. The lowest BCUT2D eigenvalue weighted by Gasteiger charge is -2.01. The highest BCUT2D eigenvalue weighted by Gasteiger charge is 2.07. The molecule has 2 aromatic heterocycles. The van der Waals surface area contributed by atoms with Crippen LogP contribution in [0.3, 0.4) is 0 Å². The molecule has 0 atom stereocenters. The first kappa shape index (κ1) is 9.32. The number of aromatic nitrogens is 1. The van der Waals surface area contributed by atoms with Crippen molar-refractivity contribution in [1.82, 2.24) is 4.57 Å². The minimum atomic E-state index is -0.818. The average Bonchev–Trinajstić information content (AvgIpc) is 2.84. The Morgan fingerprint density at radius 1 is 1.40 bits per heavy atom. The zero-order valence-electron chi connectivity index (χ0n) is 7.58. The monoisotopic (exact) mass is 209 g/mol. The summed E-state index contributed by atoms with van der Waals surface area (Å²) in [6.45, 7) is -0.136. The van der Waals surface area contributed by atoms with Crippen molar-refractivity contribution in [3.05, 3.63) is 47.2 Å². The Balaban J connectivity index is 1.94. The summed E-state index contributed by atoms with van der Waals surface area (Å²) in [5.74, 6) is -0.650. The van der Waals surface area contributed by atoms with Gasteiger partial charge in [-0.1, -0.05) is 0 Å². The summed E-state index contributed by atoms with van der Waals surface area (Å²) in [7, 11) is 0. The third-order valence-corrected chi connectivity index (χ3v) is 1.65. The summed E-state index contributed by atoms with van der Waals surface area (Å²) in [6.07, 6.45) is 3.65. The summed E-state index contributed by atoms with van der Waals surface area (Å²) in [4.78, 5) is 21.8. The van der Waals surface area contributed by atoms with Gasteiger partial charge in [0.05, 0.1) is 0 Å². The van der Waals surface area contributed by atoms with E-state index in [1.54, 1.807) is 24.5 Å². The van der Waals surface area contributed by atoms with Gasteiger partial charge >= 0.3 is 11.9 Å². The molecule has 15 heavy (non-hydrogen) atoms. The van der Waals surface area contributed by atoms with Crippen molar-refractivity contribution in [2.24, 2.45) is 0 Å². The molecule has 2 rings (SSSR count). The van der Waals surface area contributed by atoms with Crippen molar-refractivity contribution in [2.45, 2.75) is 6.61 Å². The van der Waals surface area contributed by atoms with E-state index in [2.05, 4.69) is 8.83 Å². The van der Waals surface area contributed by atoms with E-state index in [1.807, 2.05) is 0 Å². The zero-order chi connectivity index (χ0) is 10.7. The first-order chi connectivity index (χ1) is 7.25. The maximum absolute atomic E-state index is 11.3. The summed E-state index contributed by atoms with van der Waals surface area (Å²) < 4.78 is 15.0. The zero-order valence-corrected chi connectivity index (χ0v) is 7.58. The molecule has 6 nitrogen and oxygen atoms in total. The average molecular weight is 209 g/mol. The van der Waals surface area contributed by atoms with Crippen LogP contribution in [-0.2, 0) is 11.3 Å². The maximum Gasteiger partial charge on any atom is 0.518 e. The van der Waals surface area contributed by atoms with Crippen LogP contribution in [0.1, 0.15) is 5.76 Å². The van der Waals surface area contributed by atoms with Crippen LogP contribution >= 0.6 is 0 Å². The Morgan fingerprint density at radius 3 is 2.73 bits per heavy atom. The Morgan fingerprint density at radius 2 is 2.13 bits per heavy atom. The molecule has 0 spiro atoms. The van der Waals surface area contributed by atoms with Gasteiger partial charge in [0.25, 0.3) is 0 Å². The summed E-state index contributed by atoms with van der Waals surface area (Å²) in [6, 6.07) is 3.39. The van der Waals surface area contributed by atoms with E-state index < -0.39 is 11.9 Å². The van der Waals surface area contributed by atoms with E-state index in [4.69, 9.17) is 4.74 Å². The molecule has 0 N–H and O–H groups in total. The van der Waals surface area contributed by atoms with Crippen LogP contribution in [0, 0.1) is 0 Å². The van der Waals surface area contributed by atoms with Crippen LogP contribution < -0.4 is 5.82 Å². The molecular formula is C9H7NO5. The second-order valence-electron chi connectivity index (χ2n) is 2.70. The molecule has 6 heteroatoms. The molecule has 2 heterocycles. The molecule has 0 aromatic carbocycles. The lowest BCUT2D eigenvalue weighted by atomic mass is 10.6. The van der Waals surface area contributed by atoms with Gasteiger partial charge in [0.1, 0.15) is 6.26 Å². The summed E-state index contributed by atoms with van der Waals surface area (Å²) >= 11 is 0. The van der Waals surface area contributed by atoms with Crippen molar-refractivity contribution >= 4 is 6.09 Å². The predicted molar refractivity (Wildman–Crippen MR) is 47.3 cm³/mol. The van der Waals surface area contributed by atoms with Gasteiger partial charge in [-0.15, -0.1) is 0 Å². The quantitative estimate of drug-likeness (QED) is 0.743. The normalized spacial score (nSPS) is 10.1. The van der Waals surface area contributed by atoms with Crippen LogP contribution in [0.2, 0.25) is 0 Å². The van der Waals surface area contributed by atoms with E-state index >= 15 is 0 Å². The third-order valence-electron chi connectivity index (χ3n) is 1.65. The standard InChI is InChI=1S/C9H7NO5/c11-8(10-3-1-2-4-10)13-5-7-6-14-9(12)15-7/h1-4,6H,5H2. The first-order valence-electron chi connectivity index (χ1n) is 4.13. The molecule has 0 aliphatic carbocycles. The molecule has 0 aliphatic heterocycles. The number of hydrogen-bond acceptors (Lipinski definition) is 5. The lowest BCUT2D eigenvalue weighted by molar-refractivity contribution is 0.132. The Hall–Kier alpha value is -2.24. The highest BCUT2D eigenvalue weighted by molar-refractivity contribution is 5.70. The highest BCUT2D eigenvalue weighted by Crippen LogP contribution is 2.00. The molecule has 78 valence electrons. The van der Waals surface area contributed by atoms with E-state index in [0.717, 1.165) is 6.26 Å². The molecule has 0 saturated carbocycles. The van der Waals surface area contributed by atoms with Crippen molar-refractivity contribution in [3.63, 3.8) is 0 Å². The molecule has 0 amide bonds. The molecule has 2 aromatic rings. The smallest absolute Gasteiger partial charge is 0.441 e. The van der Waals surface area contributed by atoms with Gasteiger partial charge in [-0.05, 0) is 12.1 Å². The van der Waals surface area contributed by atoms with Gasteiger partial charge in [-0.2, -0.15) is 0 Å². The molecule has 0 unspecified atom stereocenters. The van der Waals surface area contributed by atoms with E-state index in [0.29, 0.717) is 0 Å². The highest BCUT2D eigenvalue weighted by atomic mass is 16.6. The minimum Gasteiger partial charge on any atom is -0.441 e. The number of carbonyl (C=O) groups is 1. The molecule has 0 bridgehead atoms. The Kier molecular flexibility index (Phi) is 2.40. The molecule has 0 saturated heterocycles. The van der Waals surface area contributed by atoms with Crippen LogP contribution in [0.25, 0.3) is 0 Å². The van der Waals surface area contributed by atoms with E-state index in [9.17, 15) is 9.59 Å². The van der Waals surface area contributed by atoms with Gasteiger partial charge < -0.3 is 13.6 Å². The van der Waals surface area contributed by atoms with Crippen LogP contribution in [-0.4, -0.2) is 10.7 Å². The fraction of sp³-hybridized carbons (Fsp3) is 0.111.